The number of aromatic nitrogens is 1. The van der Waals surface area contributed by atoms with Crippen LogP contribution in [0.15, 0.2) is 30.3 Å². The molecule has 0 amide bonds. The predicted molar refractivity (Wildman–Crippen MR) is 78.6 cm³/mol. The van der Waals surface area contributed by atoms with Gasteiger partial charge in [-0.3, -0.25) is 9.78 Å². The number of nitrogens with zero attached hydrogens (tertiary/aromatic N) is 1. The molecule has 0 saturated heterocycles. The number of Topliss-reactive ketones (excluding diaryl/α,β-unsaturated/α-hetero) is 1. The van der Waals surface area contributed by atoms with Gasteiger partial charge in [-0.05, 0) is 31.2 Å². The van der Waals surface area contributed by atoms with Crippen LogP contribution in [0.1, 0.15) is 36.3 Å². The van der Waals surface area contributed by atoms with Gasteiger partial charge in [-0.15, -0.1) is 0 Å². The van der Waals surface area contributed by atoms with Crippen molar-refractivity contribution in [3.8, 4) is 0 Å². The number of hydrogen-bond acceptors (Lipinski definition) is 3. The molecule has 1 aromatic carbocycles. The van der Waals surface area contributed by atoms with Crippen molar-refractivity contribution in [2.75, 3.05) is 6.54 Å². The van der Waals surface area contributed by atoms with E-state index in [1.165, 1.54) is 0 Å². The summed E-state index contributed by atoms with van der Waals surface area (Å²) in [5.41, 5.74) is 2.70. The summed E-state index contributed by atoms with van der Waals surface area (Å²) in [7, 11) is 0. The molecule has 0 spiro atoms. The Balaban J connectivity index is 2.12. The number of nitrogens with one attached hydrogen (secondary N) is 1. The second-order valence-corrected chi connectivity index (χ2v) is 5.14. The topological polar surface area (TPSA) is 42.0 Å². The van der Waals surface area contributed by atoms with Gasteiger partial charge in [-0.25, -0.2) is 0 Å². The highest BCUT2D eigenvalue weighted by atomic mass is 16.1. The minimum absolute atomic E-state index is 0.177. The van der Waals surface area contributed by atoms with E-state index in [0.717, 1.165) is 28.7 Å². The molecule has 3 nitrogen and oxygen atoms in total. The summed E-state index contributed by atoms with van der Waals surface area (Å²) in [4.78, 5) is 16.5. The first-order chi connectivity index (χ1) is 9.06. The van der Waals surface area contributed by atoms with Gasteiger partial charge in [-0.2, -0.15) is 0 Å². The van der Waals surface area contributed by atoms with Crippen LogP contribution >= 0.6 is 0 Å². The third kappa shape index (κ3) is 3.61. The number of benzene rings is 1. The Bertz CT molecular complexity index is 590. The molecule has 1 heterocycles. The summed E-state index contributed by atoms with van der Waals surface area (Å²) < 4.78 is 0. The Morgan fingerprint density at radius 1 is 1.26 bits per heavy atom. The number of carbonyl (C=O) groups excluding carboxylic acids is 1. The second kappa shape index (κ2) is 5.93. The molecule has 1 N–H and O–H groups in total. The van der Waals surface area contributed by atoms with Crippen molar-refractivity contribution >= 4 is 16.7 Å². The Labute approximate surface area is 114 Å². The molecule has 0 atom stereocenters. The lowest BCUT2D eigenvalue weighted by Gasteiger charge is -2.07. The molecule has 0 bridgehead atoms. The highest BCUT2D eigenvalue weighted by molar-refractivity contribution is 5.99. The van der Waals surface area contributed by atoms with E-state index in [-0.39, 0.29) is 5.78 Å². The molecule has 2 rings (SSSR count). The van der Waals surface area contributed by atoms with Gasteiger partial charge < -0.3 is 5.32 Å². The molecule has 0 unspecified atom stereocenters. The molecule has 3 heteroatoms. The lowest BCUT2D eigenvalue weighted by molar-refractivity contribution is 0.0982. The molecular formula is C16H20N2O. The average Bonchev–Trinajstić information content (AvgIpc) is 2.37. The first kappa shape index (κ1) is 13.7. The summed E-state index contributed by atoms with van der Waals surface area (Å²) in [6.45, 7) is 6.85. The van der Waals surface area contributed by atoms with Crippen LogP contribution in [-0.2, 0) is 0 Å². The van der Waals surface area contributed by atoms with Crippen LogP contribution in [0.4, 0.5) is 0 Å². The fourth-order valence-electron chi connectivity index (χ4n) is 2.02. The zero-order valence-electron chi connectivity index (χ0n) is 11.7. The number of ketones is 1. The smallest absolute Gasteiger partial charge is 0.164 e. The first-order valence-corrected chi connectivity index (χ1v) is 6.70. The molecular weight excluding hydrogens is 236 g/mol. The van der Waals surface area contributed by atoms with Crippen LogP contribution in [0.3, 0.4) is 0 Å². The normalized spacial score (nSPS) is 11.2. The van der Waals surface area contributed by atoms with Crippen LogP contribution in [0.5, 0.6) is 0 Å². The Morgan fingerprint density at radius 2 is 2.05 bits per heavy atom. The Kier molecular flexibility index (Phi) is 4.27. The standard InChI is InChI=1S/C16H20N2O/c1-11(2)17-9-8-16(19)14-6-7-15-13(10-14)5-4-12(3)18-15/h4-7,10-11,17H,8-9H2,1-3H3. The minimum atomic E-state index is 0.177. The fourth-order valence-corrected chi connectivity index (χ4v) is 2.02. The zero-order valence-corrected chi connectivity index (χ0v) is 11.7. The van der Waals surface area contributed by atoms with E-state index in [0.29, 0.717) is 12.5 Å². The van der Waals surface area contributed by atoms with Crippen molar-refractivity contribution in [3.63, 3.8) is 0 Å². The van der Waals surface area contributed by atoms with Gasteiger partial charge in [0, 0.05) is 35.7 Å². The molecule has 100 valence electrons. The molecule has 1 aromatic heterocycles. The van der Waals surface area contributed by atoms with Crippen LogP contribution in [0, 0.1) is 6.92 Å². The van der Waals surface area contributed by atoms with Gasteiger partial charge in [0.25, 0.3) is 0 Å². The number of rotatable bonds is 5. The maximum absolute atomic E-state index is 12.1. The maximum atomic E-state index is 12.1. The van der Waals surface area contributed by atoms with E-state index in [1.807, 2.05) is 37.3 Å². The van der Waals surface area contributed by atoms with Crippen LogP contribution in [-0.4, -0.2) is 23.4 Å². The molecule has 0 radical (unpaired) electrons. The summed E-state index contributed by atoms with van der Waals surface area (Å²) >= 11 is 0. The third-order valence-corrected chi connectivity index (χ3v) is 3.06. The van der Waals surface area contributed by atoms with Crippen molar-refractivity contribution in [1.29, 1.82) is 0 Å². The number of carbonyl (C=O) groups is 1. The number of pyridine rings is 1. The third-order valence-electron chi connectivity index (χ3n) is 3.06. The quantitative estimate of drug-likeness (QED) is 0.836. The lowest BCUT2D eigenvalue weighted by Crippen LogP contribution is -2.25. The van der Waals surface area contributed by atoms with Gasteiger partial charge in [0.1, 0.15) is 0 Å². The highest BCUT2D eigenvalue weighted by Crippen LogP contribution is 2.15. The molecule has 0 aliphatic carbocycles. The van der Waals surface area contributed by atoms with Gasteiger partial charge in [0.2, 0.25) is 0 Å². The van der Waals surface area contributed by atoms with Crippen LogP contribution in [0.25, 0.3) is 10.9 Å². The van der Waals surface area contributed by atoms with Crippen molar-refractivity contribution in [2.24, 2.45) is 0 Å². The Hall–Kier alpha value is -1.74. The van der Waals surface area contributed by atoms with E-state index in [4.69, 9.17) is 0 Å². The van der Waals surface area contributed by atoms with Crippen molar-refractivity contribution in [3.05, 3.63) is 41.6 Å². The van der Waals surface area contributed by atoms with Gasteiger partial charge in [0.15, 0.2) is 5.78 Å². The van der Waals surface area contributed by atoms with Crippen molar-refractivity contribution < 1.29 is 4.79 Å². The summed E-state index contributed by atoms with van der Waals surface area (Å²) in [6, 6.07) is 10.1. The van der Waals surface area contributed by atoms with E-state index >= 15 is 0 Å². The van der Waals surface area contributed by atoms with Crippen LogP contribution < -0.4 is 5.32 Å². The summed E-state index contributed by atoms with van der Waals surface area (Å²) in [5.74, 6) is 0.177. The number of hydrogen-bond donors (Lipinski definition) is 1. The highest BCUT2D eigenvalue weighted by Gasteiger charge is 2.07. The van der Waals surface area contributed by atoms with Gasteiger partial charge >= 0.3 is 0 Å². The summed E-state index contributed by atoms with van der Waals surface area (Å²) in [6.07, 6.45) is 0.531. The van der Waals surface area contributed by atoms with E-state index in [1.54, 1.807) is 0 Å². The van der Waals surface area contributed by atoms with Gasteiger partial charge in [-0.1, -0.05) is 19.9 Å². The largest absolute Gasteiger partial charge is 0.314 e. The first-order valence-electron chi connectivity index (χ1n) is 6.70. The molecule has 0 fully saturated rings. The maximum Gasteiger partial charge on any atom is 0.164 e. The van der Waals surface area contributed by atoms with E-state index < -0.39 is 0 Å². The number of fused-ring (bicyclic) bond motifs is 1. The lowest BCUT2D eigenvalue weighted by atomic mass is 10.0. The van der Waals surface area contributed by atoms with Crippen LogP contribution in [0.2, 0.25) is 0 Å². The molecule has 2 aromatic rings. The van der Waals surface area contributed by atoms with Crippen molar-refractivity contribution in [1.82, 2.24) is 10.3 Å². The fraction of sp³-hybridized carbons (Fsp3) is 0.375. The van der Waals surface area contributed by atoms with E-state index in [2.05, 4.69) is 24.1 Å². The molecule has 19 heavy (non-hydrogen) atoms. The minimum Gasteiger partial charge on any atom is -0.314 e. The monoisotopic (exact) mass is 256 g/mol. The molecule has 0 saturated carbocycles. The molecule has 0 aliphatic rings. The Morgan fingerprint density at radius 3 is 2.79 bits per heavy atom. The van der Waals surface area contributed by atoms with E-state index in [9.17, 15) is 4.79 Å². The van der Waals surface area contributed by atoms with Crippen molar-refractivity contribution in [2.45, 2.75) is 33.2 Å². The number of aryl methyl sites for hydroxylation is 1. The average molecular weight is 256 g/mol. The summed E-state index contributed by atoms with van der Waals surface area (Å²) in [5, 5.41) is 4.28. The van der Waals surface area contributed by atoms with Gasteiger partial charge in [0.05, 0.1) is 5.52 Å². The SMILES string of the molecule is Cc1ccc2cc(C(=O)CCNC(C)C)ccc2n1. The second-order valence-electron chi connectivity index (χ2n) is 5.14. The molecule has 0 aliphatic heterocycles. The zero-order chi connectivity index (χ0) is 13.8. The predicted octanol–water partition coefficient (Wildman–Crippen LogP) is 3.11.